The van der Waals surface area contributed by atoms with Crippen LogP contribution in [0.4, 0.5) is 5.69 Å². The fourth-order valence-electron chi connectivity index (χ4n) is 1.17. The van der Waals surface area contributed by atoms with Gasteiger partial charge in [-0.3, -0.25) is 0 Å². The fraction of sp³-hybridized carbons (Fsp3) is 0.308. The minimum absolute atomic E-state index is 0.200. The molecule has 0 radical (unpaired) electrons. The Morgan fingerprint density at radius 1 is 1.33 bits per heavy atom. The van der Waals surface area contributed by atoms with Gasteiger partial charge in [-0.15, -0.1) is 0 Å². The third-order valence-corrected chi connectivity index (χ3v) is 2.15. The number of carbonyl (C=O) groups is 1. The van der Waals surface area contributed by atoms with Crippen molar-refractivity contribution in [3.8, 4) is 5.75 Å². The zero-order chi connectivity index (χ0) is 13.4. The predicted molar refractivity (Wildman–Crippen MR) is 68.3 cm³/mol. The Morgan fingerprint density at radius 2 is 2.00 bits per heavy atom. The van der Waals surface area contributed by atoms with Gasteiger partial charge in [-0.25, -0.2) is 4.79 Å². The van der Waals surface area contributed by atoms with E-state index in [4.69, 9.17) is 20.3 Å². The highest BCUT2D eigenvalue weighted by atomic mass is 16.5. The Balaban J connectivity index is 2.16. The molecular formula is C13H17NO4. The first-order valence-electron chi connectivity index (χ1n) is 5.64. The van der Waals surface area contributed by atoms with Crippen LogP contribution < -0.4 is 10.5 Å². The standard InChI is InChI=1S/C13H17NO4/c1-2-12(15)13(16)18-9-3-8-17-11-6-4-10(14)5-7-11/h2,4-7,15H,3,8-9,14H2,1H3. The Kier molecular flexibility index (Phi) is 5.57. The zero-order valence-electron chi connectivity index (χ0n) is 10.3. The van der Waals surface area contributed by atoms with E-state index < -0.39 is 5.97 Å². The van der Waals surface area contributed by atoms with Crippen molar-refractivity contribution in [2.24, 2.45) is 0 Å². The van der Waals surface area contributed by atoms with E-state index in [0.29, 0.717) is 24.5 Å². The van der Waals surface area contributed by atoms with Crippen molar-refractivity contribution >= 4 is 11.7 Å². The lowest BCUT2D eigenvalue weighted by atomic mass is 10.3. The van der Waals surface area contributed by atoms with Gasteiger partial charge in [0.25, 0.3) is 0 Å². The summed E-state index contributed by atoms with van der Waals surface area (Å²) in [5.74, 6) is -0.383. The third-order valence-electron chi connectivity index (χ3n) is 2.15. The quantitative estimate of drug-likeness (QED) is 0.266. The van der Waals surface area contributed by atoms with E-state index in [-0.39, 0.29) is 12.4 Å². The lowest BCUT2D eigenvalue weighted by molar-refractivity contribution is -0.142. The molecule has 18 heavy (non-hydrogen) atoms. The minimum atomic E-state index is -0.718. The summed E-state index contributed by atoms with van der Waals surface area (Å²) in [6, 6.07) is 7.04. The summed E-state index contributed by atoms with van der Waals surface area (Å²) in [4.78, 5) is 11.0. The highest BCUT2D eigenvalue weighted by Crippen LogP contribution is 2.13. The van der Waals surface area contributed by atoms with E-state index in [1.165, 1.54) is 6.08 Å². The van der Waals surface area contributed by atoms with Crippen molar-refractivity contribution in [1.82, 2.24) is 0 Å². The van der Waals surface area contributed by atoms with Gasteiger partial charge in [0.15, 0.2) is 5.76 Å². The van der Waals surface area contributed by atoms with Gasteiger partial charge in [-0.1, -0.05) is 0 Å². The zero-order valence-corrected chi connectivity index (χ0v) is 10.3. The Bertz CT molecular complexity index is 412. The first kappa shape index (κ1) is 13.9. The predicted octanol–water partition coefficient (Wildman–Crippen LogP) is 2.04. The van der Waals surface area contributed by atoms with Gasteiger partial charge in [0.2, 0.25) is 0 Å². The molecule has 0 bridgehead atoms. The molecule has 0 saturated carbocycles. The maximum Gasteiger partial charge on any atom is 0.373 e. The first-order chi connectivity index (χ1) is 8.63. The molecule has 1 rings (SSSR count). The second-order valence-corrected chi connectivity index (χ2v) is 3.58. The summed E-state index contributed by atoms with van der Waals surface area (Å²) >= 11 is 0. The SMILES string of the molecule is CC=C(O)C(=O)OCCCOc1ccc(N)cc1. The molecule has 0 aromatic heterocycles. The molecule has 0 aliphatic carbocycles. The number of anilines is 1. The molecule has 0 heterocycles. The summed E-state index contributed by atoms with van der Waals surface area (Å²) < 4.78 is 10.2. The number of aliphatic hydroxyl groups excluding tert-OH is 1. The topological polar surface area (TPSA) is 81.8 Å². The van der Waals surface area contributed by atoms with Gasteiger partial charge >= 0.3 is 5.97 Å². The molecule has 1 aromatic carbocycles. The molecule has 0 aliphatic heterocycles. The molecule has 5 nitrogen and oxygen atoms in total. The maximum absolute atomic E-state index is 11.0. The lowest BCUT2D eigenvalue weighted by Crippen LogP contribution is -2.10. The largest absolute Gasteiger partial charge is 0.502 e. The van der Waals surface area contributed by atoms with Crippen molar-refractivity contribution in [2.45, 2.75) is 13.3 Å². The van der Waals surface area contributed by atoms with Crippen LogP contribution in [0.25, 0.3) is 0 Å². The van der Waals surface area contributed by atoms with Crippen molar-refractivity contribution in [3.63, 3.8) is 0 Å². The number of nitrogen functional groups attached to an aromatic ring is 1. The van der Waals surface area contributed by atoms with Crippen LogP contribution in [-0.4, -0.2) is 24.3 Å². The van der Waals surface area contributed by atoms with Crippen molar-refractivity contribution in [2.75, 3.05) is 18.9 Å². The average Bonchev–Trinajstić information content (AvgIpc) is 2.39. The second kappa shape index (κ2) is 7.21. The highest BCUT2D eigenvalue weighted by Gasteiger charge is 2.06. The van der Waals surface area contributed by atoms with E-state index in [1.54, 1.807) is 31.2 Å². The molecule has 0 saturated heterocycles. The summed E-state index contributed by atoms with van der Waals surface area (Å²) in [6.45, 7) is 2.18. The minimum Gasteiger partial charge on any atom is -0.502 e. The van der Waals surface area contributed by atoms with Crippen LogP contribution in [0.3, 0.4) is 0 Å². The van der Waals surface area contributed by atoms with Crippen LogP contribution in [-0.2, 0) is 9.53 Å². The first-order valence-corrected chi connectivity index (χ1v) is 5.64. The molecule has 0 aliphatic rings. The number of benzene rings is 1. The summed E-state index contributed by atoms with van der Waals surface area (Å²) in [5.41, 5.74) is 6.21. The number of esters is 1. The molecule has 0 atom stereocenters. The smallest absolute Gasteiger partial charge is 0.373 e. The molecule has 1 aromatic rings. The van der Waals surface area contributed by atoms with Crippen LogP contribution in [0.5, 0.6) is 5.75 Å². The van der Waals surface area contributed by atoms with Crippen molar-refractivity contribution in [1.29, 1.82) is 0 Å². The number of aliphatic hydroxyl groups is 1. The highest BCUT2D eigenvalue weighted by molar-refractivity contribution is 5.85. The average molecular weight is 251 g/mol. The van der Waals surface area contributed by atoms with Crippen LogP contribution in [0, 0.1) is 0 Å². The van der Waals surface area contributed by atoms with E-state index in [0.717, 1.165) is 0 Å². The Hall–Kier alpha value is -2.17. The van der Waals surface area contributed by atoms with Gasteiger partial charge in [-0.2, -0.15) is 0 Å². The van der Waals surface area contributed by atoms with Gasteiger partial charge in [0.1, 0.15) is 5.75 Å². The number of carbonyl (C=O) groups excluding carboxylic acids is 1. The molecule has 3 N–H and O–H groups in total. The van der Waals surface area contributed by atoms with Crippen LogP contribution in [0.15, 0.2) is 36.1 Å². The molecule has 0 unspecified atom stereocenters. The Labute approximate surface area is 106 Å². The van der Waals surface area contributed by atoms with Gasteiger partial charge in [0.05, 0.1) is 13.2 Å². The summed E-state index contributed by atoms with van der Waals surface area (Å²) in [6.07, 6.45) is 1.83. The third kappa shape index (κ3) is 4.78. The number of ether oxygens (including phenoxy) is 2. The van der Waals surface area contributed by atoms with Crippen LogP contribution in [0.2, 0.25) is 0 Å². The fourth-order valence-corrected chi connectivity index (χ4v) is 1.17. The Morgan fingerprint density at radius 3 is 2.61 bits per heavy atom. The van der Waals surface area contributed by atoms with Gasteiger partial charge in [-0.05, 0) is 37.3 Å². The number of allylic oxidation sites excluding steroid dienone is 1. The molecule has 0 fully saturated rings. The van der Waals surface area contributed by atoms with E-state index in [2.05, 4.69) is 0 Å². The van der Waals surface area contributed by atoms with Crippen LogP contribution in [0.1, 0.15) is 13.3 Å². The molecule has 5 heteroatoms. The molecule has 0 spiro atoms. The van der Waals surface area contributed by atoms with E-state index in [9.17, 15) is 4.79 Å². The summed E-state index contributed by atoms with van der Waals surface area (Å²) in [7, 11) is 0. The van der Waals surface area contributed by atoms with Crippen LogP contribution >= 0.6 is 0 Å². The van der Waals surface area contributed by atoms with Crippen molar-refractivity contribution < 1.29 is 19.4 Å². The van der Waals surface area contributed by atoms with Crippen molar-refractivity contribution in [3.05, 3.63) is 36.1 Å². The normalized spacial score (nSPS) is 11.1. The molecular weight excluding hydrogens is 234 g/mol. The second-order valence-electron chi connectivity index (χ2n) is 3.58. The number of hydrogen-bond donors (Lipinski definition) is 2. The van der Waals surface area contributed by atoms with E-state index >= 15 is 0 Å². The van der Waals surface area contributed by atoms with E-state index in [1.807, 2.05) is 0 Å². The number of rotatable bonds is 6. The van der Waals surface area contributed by atoms with Gasteiger partial charge < -0.3 is 20.3 Å². The number of hydrogen-bond acceptors (Lipinski definition) is 5. The maximum atomic E-state index is 11.0. The lowest BCUT2D eigenvalue weighted by Gasteiger charge is -2.07. The molecule has 0 amide bonds. The molecule has 98 valence electrons. The monoisotopic (exact) mass is 251 g/mol. The van der Waals surface area contributed by atoms with Gasteiger partial charge in [0, 0.05) is 12.1 Å². The summed E-state index contributed by atoms with van der Waals surface area (Å²) in [5, 5.41) is 9.03. The number of nitrogens with two attached hydrogens (primary N) is 1.